The summed E-state index contributed by atoms with van der Waals surface area (Å²) in [6, 6.07) is 16.4. The van der Waals surface area contributed by atoms with Crippen LogP contribution >= 0.6 is 0 Å². The molecule has 2 aromatic rings. The van der Waals surface area contributed by atoms with Gasteiger partial charge in [-0.05, 0) is 40.7 Å². The normalized spacial score (nSPS) is 16.4. The number of benzene rings is 2. The highest BCUT2D eigenvalue weighted by atomic mass is 16.3. The van der Waals surface area contributed by atoms with Crippen molar-refractivity contribution in [3.63, 3.8) is 0 Å². The van der Waals surface area contributed by atoms with Gasteiger partial charge in [0.2, 0.25) is 11.8 Å². The average Bonchev–Trinajstić information content (AvgIpc) is 3.00. The second-order valence-electron chi connectivity index (χ2n) is 10.2. The molecule has 0 spiro atoms. The number of nitrogens with zero attached hydrogens (tertiary/aromatic N) is 1. The Morgan fingerprint density at radius 3 is 1.97 bits per heavy atom. The smallest absolute Gasteiger partial charge is 0.225 e. The summed E-state index contributed by atoms with van der Waals surface area (Å²) in [5.74, 6) is -0.190. The van der Waals surface area contributed by atoms with Gasteiger partial charge in [-0.2, -0.15) is 0 Å². The lowest BCUT2D eigenvalue weighted by molar-refractivity contribution is -0.133. The summed E-state index contributed by atoms with van der Waals surface area (Å²) in [4.78, 5) is 27.1. The standard InChI is InChI=1S/C29H34N2O3/c1-29(2,3)28(34)30-23(19-32)18-26(33)31-16-14-22(15-17-31)27-24-10-6-4-8-20(24)12-13-21-9-5-7-11-25(21)27/h4-13,23,32H,14-19H2,1-3H3,(H,30,34). The number of hydrogen-bond donors (Lipinski definition) is 2. The van der Waals surface area contributed by atoms with Crippen molar-refractivity contribution in [3.8, 4) is 0 Å². The zero-order chi connectivity index (χ0) is 24.3. The van der Waals surface area contributed by atoms with Crippen molar-refractivity contribution in [2.24, 2.45) is 5.41 Å². The molecule has 0 aromatic heterocycles. The quantitative estimate of drug-likeness (QED) is 0.605. The summed E-state index contributed by atoms with van der Waals surface area (Å²) in [6.45, 7) is 6.48. The van der Waals surface area contributed by atoms with Gasteiger partial charge in [-0.15, -0.1) is 0 Å². The number of amides is 2. The molecule has 2 aliphatic rings. The van der Waals surface area contributed by atoms with Gasteiger partial charge in [0.15, 0.2) is 0 Å². The fraction of sp³-hybridized carbons (Fsp3) is 0.379. The fourth-order valence-corrected chi connectivity index (χ4v) is 4.62. The first-order valence-electron chi connectivity index (χ1n) is 12.1. The number of carbonyl (C=O) groups is 2. The molecule has 0 radical (unpaired) electrons. The number of fused-ring (bicyclic) bond motifs is 2. The SMILES string of the molecule is CC(C)(C)C(=O)NC(CO)CC(=O)N1CCC(=C2c3ccccc3C=Cc3ccccc32)CC1. The molecule has 1 heterocycles. The molecule has 1 fully saturated rings. The van der Waals surface area contributed by atoms with Crippen molar-refractivity contribution in [3.05, 3.63) is 76.4 Å². The number of aliphatic hydroxyl groups excluding tert-OH is 1. The van der Waals surface area contributed by atoms with Gasteiger partial charge in [0.05, 0.1) is 12.6 Å². The summed E-state index contributed by atoms with van der Waals surface area (Å²) in [5, 5.41) is 12.5. The van der Waals surface area contributed by atoms with Crippen molar-refractivity contribution in [1.82, 2.24) is 10.2 Å². The Morgan fingerprint density at radius 1 is 0.941 bits per heavy atom. The van der Waals surface area contributed by atoms with Gasteiger partial charge in [-0.25, -0.2) is 0 Å². The maximum Gasteiger partial charge on any atom is 0.225 e. The number of likely N-dealkylation sites (tertiary alicyclic amines) is 1. The minimum Gasteiger partial charge on any atom is -0.394 e. The Balaban J connectivity index is 1.51. The molecular formula is C29H34N2O3. The minimum absolute atomic E-state index is 0.0272. The van der Waals surface area contributed by atoms with Gasteiger partial charge in [0, 0.05) is 24.9 Å². The summed E-state index contributed by atoms with van der Waals surface area (Å²) in [6.07, 6.45) is 6.09. The first-order valence-corrected chi connectivity index (χ1v) is 12.1. The van der Waals surface area contributed by atoms with E-state index in [4.69, 9.17) is 0 Å². The lowest BCUT2D eigenvalue weighted by Gasteiger charge is -2.32. The van der Waals surface area contributed by atoms with Crippen molar-refractivity contribution in [2.45, 2.75) is 46.1 Å². The van der Waals surface area contributed by atoms with Gasteiger partial charge in [-0.3, -0.25) is 9.59 Å². The second-order valence-corrected chi connectivity index (χ2v) is 10.2. The second kappa shape index (κ2) is 9.98. The highest BCUT2D eigenvalue weighted by Gasteiger charge is 2.28. The number of aliphatic hydroxyl groups is 1. The molecule has 1 aliphatic heterocycles. The number of carbonyl (C=O) groups excluding carboxylic acids is 2. The van der Waals surface area contributed by atoms with Crippen molar-refractivity contribution >= 4 is 29.5 Å². The number of rotatable bonds is 4. The molecule has 2 N–H and O–H groups in total. The lowest BCUT2D eigenvalue weighted by atomic mass is 9.86. The van der Waals surface area contributed by atoms with E-state index in [1.807, 2.05) is 25.7 Å². The zero-order valence-electron chi connectivity index (χ0n) is 20.3. The third-order valence-electron chi connectivity index (χ3n) is 6.63. The summed E-state index contributed by atoms with van der Waals surface area (Å²) >= 11 is 0. The minimum atomic E-state index is -0.567. The highest BCUT2D eigenvalue weighted by Crippen LogP contribution is 2.38. The maximum absolute atomic E-state index is 13.0. The van der Waals surface area contributed by atoms with Crippen molar-refractivity contribution in [2.75, 3.05) is 19.7 Å². The summed E-state index contributed by atoms with van der Waals surface area (Å²) in [5.41, 5.74) is 6.98. The Kier molecular flexibility index (Phi) is 7.03. The van der Waals surface area contributed by atoms with Gasteiger partial charge in [-0.1, -0.05) is 87.0 Å². The van der Waals surface area contributed by atoms with E-state index in [1.165, 1.54) is 33.4 Å². The van der Waals surface area contributed by atoms with Crippen molar-refractivity contribution < 1.29 is 14.7 Å². The molecule has 0 bridgehead atoms. The van der Waals surface area contributed by atoms with Crippen LogP contribution in [0.15, 0.2) is 54.1 Å². The highest BCUT2D eigenvalue weighted by molar-refractivity contribution is 5.95. The first-order chi connectivity index (χ1) is 16.3. The molecule has 1 atom stereocenters. The van der Waals surface area contributed by atoms with Crippen LogP contribution in [0.25, 0.3) is 17.7 Å². The van der Waals surface area contributed by atoms with Crippen LogP contribution in [0, 0.1) is 5.41 Å². The van der Waals surface area contributed by atoms with Crippen LogP contribution in [0.4, 0.5) is 0 Å². The molecule has 1 unspecified atom stereocenters. The third kappa shape index (κ3) is 5.15. The lowest BCUT2D eigenvalue weighted by Crippen LogP contribution is -2.47. The van der Waals surface area contributed by atoms with Gasteiger partial charge in [0.25, 0.3) is 0 Å². The molecule has 5 nitrogen and oxygen atoms in total. The van der Waals surface area contributed by atoms with E-state index in [-0.39, 0.29) is 24.8 Å². The Hall–Kier alpha value is -3.18. The topological polar surface area (TPSA) is 69.6 Å². The average molecular weight is 459 g/mol. The van der Waals surface area contributed by atoms with Gasteiger partial charge >= 0.3 is 0 Å². The van der Waals surface area contributed by atoms with Gasteiger partial charge in [0.1, 0.15) is 0 Å². The predicted molar refractivity (Wildman–Crippen MR) is 137 cm³/mol. The van der Waals surface area contributed by atoms with Crippen LogP contribution in [0.3, 0.4) is 0 Å². The largest absolute Gasteiger partial charge is 0.394 e. The molecule has 178 valence electrons. The van der Waals surface area contributed by atoms with E-state index in [0.29, 0.717) is 13.1 Å². The molecule has 2 aromatic carbocycles. The van der Waals surface area contributed by atoms with Crippen LogP contribution in [-0.2, 0) is 9.59 Å². The first kappa shape index (κ1) is 24.0. The Morgan fingerprint density at radius 2 is 1.47 bits per heavy atom. The monoisotopic (exact) mass is 458 g/mol. The van der Waals surface area contributed by atoms with Crippen LogP contribution < -0.4 is 5.32 Å². The number of piperidine rings is 1. The number of nitrogens with one attached hydrogen (secondary N) is 1. The molecule has 5 heteroatoms. The zero-order valence-corrected chi connectivity index (χ0v) is 20.3. The predicted octanol–water partition coefficient (Wildman–Crippen LogP) is 4.51. The molecule has 1 aliphatic carbocycles. The van der Waals surface area contributed by atoms with Crippen LogP contribution in [-0.4, -0.2) is 47.6 Å². The maximum atomic E-state index is 13.0. The van der Waals surface area contributed by atoms with E-state index in [9.17, 15) is 14.7 Å². The summed E-state index contributed by atoms with van der Waals surface area (Å²) in [7, 11) is 0. The molecule has 4 rings (SSSR count). The van der Waals surface area contributed by atoms with Crippen LogP contribution in [0.2, 0.25) is 0 Å². The molecule has 2 amide bonds. The van der Waals surface area contributed by atoms with Crippen LogP contribution in [0.1, 0.15) is 62.3 Å². The number of hydrogen-bond acceptors (Lipinski definition) is 3. The molecular weight excluding hydrogens is 424 g/mol. The van der Waals surface area contributed by atoms with Gasteiger partial charge < -0.3 is 15.3 Å². The third-order valence-corrected chi connectivity index (χ3v) is 6.63. The van der Waals surface area contributed by atoms with E-state index in [1.54, 1.807) is 0 Å². The fourth-order valence-electron chi connectivity index (χ4n) is 4.62. The van der Waals surface area contributed by atoms with E-state index in [2.05, 4.69) is 66.0 Å². The van der Waals surface area contributed by atoms with E-state index >= 15 is 0 Å². The molecule has 0 saturated carbocycles. The molecule has 34 heavy (non-hydrogen) atoms. The van der Waals surface area contributed by atoms with Crippen molar-refractivity contribution in [1.29, 1.82) is 0 Å². The van der Waals surface area contributed by atoms with E-state index in [0.717, 1.165) is 12.8 Å². The Bertz CT molecular complexity index is 1080. The Labute approximate surface area is 202 Å². The summed E-state index contributed by atoms with van der Waals surface area (Å²) < 4.78 is 0. The van der Waals surface area contributed by atoms with Crippen LogP contribution in [0.5, 0.6) is 0 Å². The molecule has 1 saturated heterocycles. The van der Waals surface area contributed by atoms with E-state index < -0.39 is 11.5 Å².